The highest BCUT2D eigenvalue weighted by Crippen LogP contribution is 2.43. The van der Waals surface area contributed by atoms with Gasteiger partial charge in [-0.15, -0.1) is 0 Å². The normalized spacial score (nSPS) is 14.7. The highest BCUT2D eigenvalue weighted by molar-refractivity contribution is 7.99. The smallest absolute Gasteiger partial charge is 0.231 e. The fourth-order valence-electron chi connectivity index (χ4n) is 4.14. The minimum Gasteiger partial charge on any atom is -0.508 e. The van der Waals surface area contributed by atoms with Crippen molar-refractivity contribution in [1.82, 2.24) is 14.9 Å². The zero-order chi connectivity index (χ0) is 22.8. The van der Waals surface area contributed by atoms with E-state index in [9.17, 15) is 9.90 Å². The summed E-state index contributed by atoms with van der Waals surface area (Å²) in [5, 5.41) is 14.8. The summed E-state index contributed by atoms with van der Waals surface area (Å²) in [7, 11) is 1.61. The second-order valence-corrected chi connectivity index (χ2v) is 9.01. The monoisotopic (exact) mass is 467 g/mol. The Kier molecular flexibility index (Phi) is 6.04. The van der Waals surface area contributed by atoms with Crippen LogP contribution in [0.3, 0.4) is 0 Å². The van der Waals surface area contributed by atoms with Gasteiger partial charge >= 0.3 is 0 Å². The van der Waals surface area contributed by atoms with Gasteiger partial charge in [-0.05, 0) is 23.8 Å². The molecule has 0 saturated heterocycles. The van der Waals surface area contributed by atoms with Crippen LogP contribution in [-0.2, 0) is 17.8 Å². The Morgan fingerprint density at radius 1 is 1.27 bits per heavy atom. The van der Waals surface area contributed by atoms with Gasteiger partial charge in [-0.1, -0.05) is 23.9 Å². The molecule has 2 aromatic carbocycles. The van der Waals surface area contributed by atoms with Crippen molar-refractivity contribution in [1.29, 1.82) is 0 Å². The van der Waals surface area contributed by atoms with Crippen molar-refractivity contribution in [2.75, 3.05) is 26.2 Å². The molecular formula is C24H25N3O5S. The average molecular weight is 468 g/mol. The summed E-state index contributed by atoms with van der Waals surface area (Å²) in [6.07, 6.45) is 2.91. The van der Waals surface area contributed by atoms with Crippen LogP contribution < -0.4 is 19.5 Å². The first-order chi connectivity index (χ1) is 16.1. The number of phenolic OH excluding ortho intramolecular Hbond substituents is 1. The zero-order valence-corrected chi connectivity index (χ0v) is 19.1. The molecule has 0 aliphatic carbocycles. The number of thioether (sulfide) groups is 1. The number of aromatic nitrogens is 2. The molecule has 1 unspecified atom stereocenters. The molecule has 0 radical (unpaired) electrons. The van der Waals surface area contributed by atoms with Gasteiger partial charge in [0, 0.05) is 55.4 Å². The Balaban J connectivity index is 1.31. The number of ether oxygens (including phenoxy) is 3. The van der Waals surface area contributed by atoms with E-state index in [4.69, 9.17) is 14.2 Å². The van der Waals surface area contributed by atoms with E-state index >= 15 is 0 Å². The molecule has 9 heteroatoms. The van der Waals surface area contributed by atoms with Gasteiger partial charge in [0.1, 0.15) is 11.5 Å². The average Bonchev–Trinajstić information content (AvgIpc) is 3.53. The van der Waals surface area contributed by atoms with Crippen molar-refractivity contribution < 1.29 is 24.1 Å². The van der Waals surface area contributed by atoms with Crippen molar-refractivity contribution in [3.05, 3.63) is 59.4 Å². The molecule has 8 nitrogen and oxygen atoms in total. The Hall–Kier alpha value is -3.33. The third kappa shape index (κ3) is 4.59. The van der Waals surface area contributed by atoms with Crippen LogP contribution >= 0.6 is 11.8 Å². The fourth-order valence-corrected chi connectivity index (χ4v) is 5.10. The van der Waals surface area contributed by atoms with E-state index in [0.29, 0.717) is 30.0 Å². The van der Waals surface area contributed by atoms with E-state index in [0.717, 1.165) is 34.5 Å². The second kappa shape index (κ2) is 9.27. The van der Waals surface area contributed by atoms with Crippen molar-refractivity contribution in [3.8, 4) is 23.0 Å². The van der Waals surface area contributed by atoms with Gasteiger partial charge in [0.25, 0.3) is 0 Å². The van der Waals surface area contributed by atoms with Crippen LogP contribution in [0.25, 0.3) is 0 Å². The lowest BCUT2D eigenvalue weighted by Gasteiger charge is -2.20. The number of methoxy groups -OCH3 is 1. The van der Waals surface area contributed by atoms with Crippen molar-refractivity contribution in [2.24, 2.45) is 0 Å². The van der Waals surface area contributed by atoms with Gasteiger partial charge in [-0.2, -0.15) is 0 Å². The van der Waals surface area contributed by atoms with Gasteiger partial charge in [0.2, 0.25) is 12.7 Å². The summed E-state index contributed by atoms with van der Waals surface area (Å²) in [6.45, 7) is 1.60. The van der Waals surface area contributed by atoms with Gasteiger partial charge in [-0.25, -0.2) is 4.98 Å². The number of amides is 1. The number of nitrogens with one attached hydrogen (secondary N) is 1. The second-order valence-electron chi connectivity index (χ2n) is 7.95. The van der Waals surface area contributed by atoms with Crippen LogP contribution in [0.1, 0.15) is 29.2 Å². The molecule has 0 spiro atoms. The molecule has 2 N–H and O–H groups in total. The number of imidazole rings is 1. The van der Waals surface area contributed by atoms with Crippen molar-refractivity contribution in [2.45, 2.75) is 30.5 Å². The summed E-state index contributed by atoms with van der Waals surface area (Å²) in [5.41, 5.74) is 2.49. The van der Waals surface area contributed by atoms with Crippen molar-refractivity contribution in [3.63, 3.8) is 0 Å². The van der Waals surface area contributed by atoms with Crippen LogP contribution in [0.4, 0.5) is 0 Å². The maximum absolute atomic E-state index is 12.9. The molecule has 1 atom stereocenters. The number of fused-ring (bicyclic) bond motifs is 2. The molecule has 3 heterocycles. The summed E-state index contributed by atoms with van der Waals surface area (Å²) < 4.78 is 18.3. The van der Waals surface area contributed by atoms with Crippen LogP contribution in [0.2, 0.25) is 0 Å². The molecule has 0 bridgehead atoms. The van der Waals surface area contributed by atoms with E-state index in [1.54, 1.807) is 31.0 Å². The number of hydrogen-bond donors (Lipinski definition) is 2. The van der Waals surface area contributed by atoms with Gasteiger partial charge in [0.05, 0.1) is 12.8 Å². The van der Waals surface area contributed by atoms with Crippen LogP contribution in [0.5, 0.6) is 23.0 Å². The predicted octanol–water partition coefficient (Wildman–Crippen LogP) is 3.31. The first-order valence-electron chi connectivity index (χ1n) is 10.8. The van der Waals surface area contributed by atoms with Crippen LogP contribution in [0, 0.1) is 0 Å². The molecule has 33 heavy (non-hydrogen) atoms. The summed E-state index contributed by atoms with van der Waals surface area (Å²) in [4.78, 5) is 17.5. The largest absolute Gasteiger partial charge is 0.508 e. The standard InChI is InChI=1S/C24H25N3O5S/c1-30-17-4-2-15(3-5-17)18(19-10-21-22(12-20(19)28)32-14-31-21)11-23(29)25-7-6-16-13-27-8-9-33-24(27)26-16/h2-5,10,12-13,18,28H,6-9,11,14H2,1H3,(H,25,29). The highest BCUT2D eigenvalue weighted by atomic mass is 32.2. The zero-order valence-electron chi connectivity index (χ0n) is 18.2. The number of carbonyl (C=O) groups excluding carboxylic acids is 1. The topological polar surface area (TPSA) is 94.8 Å². The van der Waals surface area contributed by atoms with Gasteiger partial charge < -0.3 is 29.2 Å². The summed E-state index contributed by atoms with van der Waals surface area (Å²) >= 11 is 1.76. The molecule has 3 aromatic rings. The Bertz CT molecular complexity index is 1140. The lowest BCUT2D eigenvalue weighted by molar-refractivity contribution is -0.121. The van der Waals surface area contributed by atoms with E-state index in [-0.39, 0.29) is 30.8 Å². The molecule has 2 aliphatic heterocycles. The van der Waals surface area contributed by atoms with Crippen LogP contribution in [-0.4, -0.2) is 46.8 Å². The first kappa shape index (κ1) is 21.5. The number of benzene rings is 2. The third-order valence-electron chi connectivity index (χ3n) is 5.86. The van der Waals surface area contributed by atoms with E-state index in [1.807, 2.05) is 24.3 Å². The van der Waals surface area contributed by atoms with Crippen LogP contribution in [0.15, 0.2) is 47.8 Å². The molecule has 0 saturated carbocycles. The van der Waals surface area contributed by atoms with E-state index < -0.39 is 0 Å². The lowest BCUT2D eigenvalue weighted by Crippen LogP contribution is -2.27. The maximum atomic E-state index is 12.9. The van der Waals surface area contributed by atoms with E-state index in [2.05, 4.69) is 21.1 Å². The Morgan fingerprint density at radius 2 is 2.06 bits per heavy atom. The minimum absolute atomic E-state index is 0.0675. The third-order valence-corrected chi connectivity index (χ3v) is 6.83. The number of carbonyl (C=O) groups is 1. The molecule has 172 valence electrons. The number of hydrogen-bond acceptors (Lipinski definition) is 7. The minimum atomic E-state index is -0.363. The number of aryl methyl sites for hydroxylation is 1. The highest BCUT2D eigenvalue weighted by Gasteiger charge is 2.25. The molecule has 1 amide bonds. The molecule has 5 rings (SSSR count). The SMILES string of the molecule is COc1ccc(C(CC(=O)NCCc2cn3c(n2)SCC3)c2cc3c(cc2O)OCO3)cc1. The molecule has 1 aromatic heterocycles. The van der Waals surface area contributed by atoms with Crippen molar-refractivity contribution >= 4 is 17.7 Å². The first-order valence-corrected chi connectivity index (χ1v) is 11.8. The predicted molar refractivity (Wildman–Crippen MR) is 123 cm³/mol. The number of rotatable bonds is 8. The lowest BCUT2D eigenvalue weighted by atomic mass is 9.87. The number of phenols is 1. The van der Waals surface area contributed by atoms with Gasteiger partial charge in [0.15, 0.2) is 16.7 Å². The fraction of sp³-hybridized carbons (Fsp3) is 0.333. The summed E-state index contributed by atoms with van der Waals surface area (Å²) in [5.74, 6) is 2.46. The molecular weight excluding hydrogens is 442 g/mol. The number of nitrogens with zero attached hydrogens (tertiary/aromatic N) is 2. The van der Waals surface area contributed by atoms with E-state index in [1.165, 1.54) is 0 Å². The molecule has 2 aliphatic rings. The summed E-state index contributed by atoms with van der Waals surface area (Å²) in [6, 6.07) is 10.8. The quantitative estimate of drug-likeness (QED) is 0.525. The Morgan fingerprint density at radius 3 is 2.82 bits per heavy atom. The maximum Gasteiger partial charge on any atom is 0.231 e. The van der Waals surface area contributed by atoms with Gasteiger partial charge in [-0.3, -0.25) is 4.79 Å². The molecule has 0 fully saturated rings. The number of aromatic hydroxyl groups is 1. The Labute approximate surface area is 195 Å².